The van der Waals surface area contributed by atoms with Gasteiger partial charge in [0.2, 0.25) is 5.91 Å². The standard InChI is InChI=1S/C25H29N5O2S/c1-16-8-6-7-9-20(16)30-21(18-10-12-19(13-11-18)25(3,4)5)27-28-24(30)33-17(2)22(31)29-15-14-26-23(29)32/h6-13,17H,14-15H2,1-5H3,(H,26,32). The second-order valence-corrected chi connectivity index (χ2v) is 10.5. The second-order valence-electron chi connectivity index (χ2n) is 9.24. The molecule has 1 unspecified atom stereocenters. The highest BCUT2D eigenvalue weighted by molar-refractivity contribution is 8.00. The fourth-order valence-electron chi connectivity index (χ4n) is 3.79. The van der Waals surface area contributed by atoms with Gasteiger partial charge in [0.1, 0.15) is 0 Å². The molecule has 0 radical (unpaired) electrons. The van der Waals surface area contributed by atoms with Crippen molar-refractivity contribution in [2.75, 3.05) is 13.1 Å². The number of nitrogens with zero attached hydrogens (tertiary/aromatic N) is 4. The number of rotatable bonds is 5. The van der Waals surface area contributed by atoms with Gasteiger partial charge >= 0.3 is 6.03 Å². The van der Waals surface area contributed by atoms with E-state index in [1.165, 1.54) is 22.2 Å². The van der Waals surface area contributed by atoms with Crippen molar-refractivity contribution in [3.63, 3.8) is 0 Å². The third kappa shape index (κ3) is 4.66. The van der Waals surface area contributed by atoms with Crippen molar-refractivity contribution >= 4 is 23.7 Å². The van der Waals surface area contributed by atoms with E-state index in [4.69, 9.17) is 0 Å². The van der Waals surface area contributed by atoms with E-state index < -0.39 is 5.25 Å². The number of amides is 3. The van der Waals surface area contributed by atoms with Crippen LogP contribution >= 0.6 is 11.8 Å². The number of aryl methyl sites for hydroxylation is 1. The first-order valence-electron chi connectivity index (χ1n) is 11.0. The number of hydrogen-bond donors (Lipinski definition) is 1. The normalized spacial score (nSPS) is 14.9. The van der Waals surface area contributed by atoms with E-state index in [9.17, 15) is 9.59 Å². The van der Waals surface area contributed by atoms with Gasteiger partial charge in [-0.25, -0.2) is 4.79 Å². The highest BCUT2D eigenvalue weighted by atomic mass is 32.2. The third-order valence-corrected chi connectivity index (χ3v) is 6.78. The number of hydrogen-bond acceptors (Lipinski definition) is 5. The monoisotopic (exact) mass is 463 g/mol. The fraction of sp³-hybridized carbons (Fsp3) is 0.360. The Morgan fingerprint density at radius 3 is 2.39 bits per heavy atom. The average molecular weight is 464 g/mol. The molecular weight excluding hydrogens is 434 g/mol. The van der Waals surface area contributed by atoms with Gasteiger partial charge in [-0.3, -0.25) is 14.3 Å². The van der Waals surface area contributed by atoms with E-state index in [1.807, 2.05) is 35.8 Å². The zero-order valence-electron chi connectivity index (χ0n) is 19.6. The summed E-state index contributed by atoms with van der Waals surface area (Å²) < 4.78 is 2.00. The van der Waals surface area contributed by atoms with E-state index in [1.54, 1.807) is 6.92 Å². The zero-order chi connectivity index (χ0) is 23.8. The molecule has 1 fully saturated rings. The van der Waals surface area contributed by atoms with Gasteiger partial charge in [0.15, 0.2) is 11.0 Å². The summed E-state index contributed by atoms with van der Waals surface area (Å²) >= 11 is 1.31. The smallest absolute Gasteiger partial charge is 0.324 e. The highest BCUT2D eigenvalue weighted by Gasteiger charge is 2.31. The molecule has 1 aliphatic rings. The zero-order valence-corrected chi connectivity index (χ0v) is 20.4. The molecule has 1 aliphatic heterocycles. The van der Waals surface area contributed by atoms with Crippen LogP contribution in [0.4, 0.5) is 4.79 Å². The Hall–Kier alpha value is -3.13. The number of thioether (sulfide) groups is 1. The lowest BCUT2D eigenvalue weighted by Gasteiger charge is -2.20. The minimum atomic E-state index is -0.489. The van der Waals surface area contributed by atoms with Gasteiger partial charge in [0, 0.05) is 18.7 Å². The Kier molecular flexibility index (Phi) is 6.30. The number of para-hydroxylation sites is 1. The number of carbonyl (C=O) groups is 2. The van der Waals surface area contributed by atoms with Crippen molar-refractivity contribution in [1.82, 2.24) is 25.0 Å². The van der Waals surface area contributed by atoms with E-state index in [-0.39, 0.29) is 17.4 Å². The summed E-state index contributed by atoms with van der Waals surface area (Å²) in [5.41, 5.74) is 4.28. The molecule has 4 rings (SSSR count). The molecule has 1 atom stereocenters. The van der Waals surface area contributed by atoms with Gasteiger partial charge in [-0.2, -0.15) is 0 Å². The molecule has 0 aliphatic carbocycles. The number of benzene rings is 2. The van der Waals surface area contributed by atoms with Crippen molar-refractivity contribution < 1.29 is 9.59 Å². The topological polar surface area (TPSA) is 80.1 Å². The van der Waals surface area contributed by atoms with E-state index in [2.05, 4.69) is 60.6 Å². The molecule has 1 saturated heterocycles. The SMILES string of the molecule is Cc1ccccc1-n1c(SC(C)C(=O)N2CCNC2=O)nnc1-c1ccc(C(C)(C)C)cc1. The number of urea groups is 1. The second kappa shape index (κ2) is 9.02. The molecule has 8 heteroatoms. The Balaban J connectivity index is 1.73. The minimum Gasteiger partial charge on any atom is -0.336 e. The van der Waals surface area contributed by atoms with Crippen LogP contribution in [-0.2, 0) is 10.2 Å². The lowest BCUT2D eigenvalue weighted by atomic mass is 9.87. The van der Waals surface area contributed by atoms with Crippen LogP contribution in [0.25, 0.3) is 17.1 Å². The largest absolute Gasteiger partial charge is 0.336 e. The van der Waals surface area contributed by atoms with Crippen LogP contribution in [0, 0.1) is 6.92 Å². The number of carbonyl (C=O) groups excluding carboxylic acids is 2. The van der Waals surface area contributed by atoms with Crippen molar-refractivity contribution in [3.8, 4) is 17.1 Å². The first kappa shape index (κ1) is 23.0. The molecule has 0 bridgehead atoms. The van der Waals surface area contributed by atoms with Gasteiger partial charge in [0.25, 0.3) is 0 Å². The van der Waals surface area contributed by atoms with Crippen LogP contribution in [0.3, 0.4) is 0 Å². The Bertz CT molecular complexity index is 1180. The van der Waals surface area contributed by atoms with Crippen LogP contribution in [0.5, 0.6) is 0 Å². The van der Waals surface area contributed by atoms with Crippen LogP contribution in [0.2, 0.25) is 0 Å². The highest BCUT2D eigenvalue weighted by Crippen LogP contribution is 2.33. The Labute approximate surface area is 198 Å². The maximum atomic E-state index is 12.9. The number of aromatic nitrogens is 3. The molecular formula is C25H29N5O2S. The molecule has 0 saturated carbocycles. The van der Waals surface area contributed by atoms with Crippen molar-refractivity contribution in [2.45, 2.75) is 50.4 Å². The summed E-state index contributed by atoms with van der Waals surface area (Å²) in [7, 11) is 0. The Morgan fingerprint density at radius 1 is 1.09 bits per heavy atom. The lowest BCUT2D eigenvalue weighted by Crippen LogP contribution is -2.39. The molecule has 1 N–H and O–H groups in total. The van der Waals surface area contributed by atoms with Crippen molar-refractivity contribution in [3.05, 3.63) is 59.7 Å². The number of imide groups is 1. The van der Waals surface area contributed by atoms with Crippen molar-refractivity contribution in [1.29, 1.82) is 0 Å². The molecule has 172 valence electrons. The first-order valence-corrected chi connectivity index (χ1v) is 11.9. The fourth-order valence-corrected chi connectivity index (χ4v) is 4.72. The summed E-state index contributed by atoms with van der Waals surface area (Å²) in [5, 5.41) is 11.8. The maximum Gasteiger partial charge on any atom is 0.324 e. The minimum absolute atomic E-state index is 0.0564. The molecule has 3 amide bonds. The molecule has 1 aromatic heterocycles. The molecule has 2 heterocycles. The van der Waals surface area contributed by atoms with Gasteiger partial charge in [0.05, 0.1) is 10.9 Å². The molecule has 33 heavy (non-hydrogen) atoms. The van der Waals surface area contributed by atoms with Crippen LogP contribution < -0.4 is 5.32 Å². The Morgan fingerprint density at radius 2 is 1.79 bits per heavy atom. The molecule has 2 aromatic carbocycles. The maximum absolute atomic E-state index is 12.9. The van der Waals surface area contributed by atoms with Crippen LogP contribution in [0.15, 0.2) is 53.7 Å². The van der Waals surface area contributed by atoms with Crippen LogP contribution in [0.1, 0.15) is 38.8 Å². The van der Waals surface area contributed by atoms with Gasteiger partial charge in [-0.05, 0) is 36.5 Å². The summed E-state index contributed by atoms with van der Waals surface area (Å²) in [6.07, 6.45) is 0. The predicted octanol–water partition coefficient (Wildman–Crippen LogP) is 4.57. The van der Waals surface area contributed by atoms with E-state index in [0.717, 1.165) is 16.8 Å². The van der Waals surface area contributed by atoms with Gasteiger partial charge in [-0.1, -0.05) is 75.0 Å². The number of nitrogens with one attached hydrogen (secondary N) is 1. The summed E-state index contributed by atoms with van der Waals surface area (Å²) in [4.78, 5) is 26.1. The third-order valence-electron chi connectivity index (χ3n) is 5.75. The summed E-state index contributed by atoms with van der Waals surface area (Å²) in [6.45, 7) is 11.3. The van der Waals surface area contributed by atoms with E-state index >= 15 is 0 Å². The molecule has 0 spiro atoms. The average Bonchev–Trinajstić information content (AvgIpc) is 3.39. The van der Waals surface area contributed by atoms with Gasteiger partial charge in [-0.15, -0.1) is 10.2 Å². The quantitative estimate of drug-likeness (QED) is 0.561. The summed E-state index contributed by atoms with van der Waals surface area (Å²) in [5.74, 6) is 0.483. The van der Waals surface area contributed by atoms with Gasteiger partial charge < -0.3 is 5.32 Å². The molecule has 7 nitrogen and oxygen atoms in total. The lowest BCUT2D eigenvalue weighted by molar-refractivity contribution is -0.126. The first-order chi connectivity index (χ1) is 15.7. The van der Waals surface area contributed by atoms with Crippen molar-refractivity contribution in [2.24, 2.45) is 0 Å². The van der Waals surface area contributed by atoms with Crippen LogP contribution in [-0.4, -0.2) is 49.9 Å². The molecule has 3 aromatic rings. The summed E-state index contributed by atoms with van der Waals surface area (Å²) in [6, 6.07) is 16.1. The van der Waals surface area contributed by atoms with E-state index in [0.29, 0.717) is 24.1 Å². The predicted molar refractivity (Wildman–Crippen MR) is 131 cm³/mol.